The van der Waals surface area contributed by atoms with Gasteiger partial charge >= 0.3 is 5.97 Å². The zero-order valence-corrected chi connectivity index (χ0v) is 10.5. The van der Waals surface area contributed by atoms with Crippen molar-refractivity contribution in [2.24, 2.45) is 0 Å². The number of aliphatic carboxylic acids is 1. The van der Waals surface area contributed by atoms with Gasteiger partial charge in [0.2, 0.25) is 6.79 Å². The Hall–Kier alpha value is -1.69. The van der Waals surface area contributed by atoms with E-state index in [1.54, 1.807) is 18.2 Å². The molecule has 18 heavy (non-hydrogen) atoms. The fourth-order valence-corrected chi connectivity index (χ4v) is 2.44. The highest BCUT2D eigenvalue weighted by Crippen LogP contribution is 2.33. The zero-order valence-electron chi connectivity index (χ0n) is 9.71. The first-order valence-corrected chi connectivity index (χ1v) is 6.23. The van der Waals surface area contributed by atoms with Crippen LogP contribution >= 0.6 is 11.8 Å². The van der Waals surface area contributed by atoms with Crippen molar-refractivity contribution >= 4 is 22.8 Å². The first-order valence-electron chi connectivity index (χ1n) is 5.35. The average Bonchev–Trinajstić information content (AvgIpc) is 2.74. The number of thioether (sulfide) groups is 1. The number of carboxylic acids is 1. The van der Waals surface area contributed by atoms with E-state index in [4.69, 9.17) is 14.6 Å². The van der Waals surface area contributed by atoms with Crippen molar-refractivity contribution < 1.29 is 24.2 Å². The number of carbonyl (C=O) groups excluding carboxylic acids is 1. The molecule has 0 spiro atoms. The molecule has 1 N–H and O–H groups in total. The smallest absolute Gasteiger partial charge is 0.317 e. The third-order valence-electron chi connectivity index (χ3n) is 2.44. The van der Waals surface area contributed by atoms with Crippen LogP contribution in [0.1, 0.15) is 12.5 Å². The van der Waals surface area contributed by atoms with Gasteiger partial charge in [-0.15, -0.1) is 0 Å². The lowest BCUT2D eigenvalue weighted by atomic mass is 10.1. The van der Waals surface area contributed by atoms with Gasteiger partial charge in [0.25, 0.3) is 0 Å². The number of fused-ring (bicyclic) bond motifs is 1. The topological polar surface area (TPSA) is 72.8 Å². The zero-order chi connectivity index (χ0) is 13.1. The Kier molecular flexibility index (Phi) is 3.76. The van der Waals surface area contributed by atoms with Gasteiger partial charge in [-0.1, -0.05) is 17.8 Å². The third kappa shape index (κ3) is 2.95. The van der Waals surface area contributed by atoms with Crippen LogP contribution in [0.5, 0.6) is 11.5 Å². The SMILES string of the molecule is CC(=O)SC(Cc1ccc2c(c1)OCO2)C(=O)O. The number of carbonyl (C=O) groups is 2. The van der Waals surface area contributed by atoms with Crippen LogP contribution in [0.25, 0.3) is 0 Å². The second kappa shape index (κ2) is 5.30. The number of benzene rings is 1. The first kappa shape index (κ1) is 12.8. The Bertz CT molecular complexity index is 485. The molecule has 0 saturated heterocycles. The van der Waals surface area contributed by atoms with Crippen LogP contribution in [0.4, 0.5) is 0 Å². The maximum atomic E-state index is 11.0. The molecule has 1 aromatic rings. The Morgan fingerprint density at radius 1 is 1.39 bits per heavy atom. The van der Waals surface area contributed by atoms with Crippen molar-refractivity contribution in [1.82, 2.24) is 0 Å². The van der Waals surface area contributed by atoms with Gasteiger partial charge in [-0.2, -0.15) is 0 Å². The molecule has 96 valence electrons. The summed E-state index contributed by atoms with van der Waals surface area (Å²) in [5.74, 6) is 0.280. The van der Waals surface area contributed by atoms with Crippen molar-refractivity contribution in [2.45, 2.75) is 18.6 Å². The molecule has 0 aromatic heterocycles. The van der Waals surface area contributed by atoms with Gasteiger partial charge in [0, 0.05) is 6.92 Å². The molecule has 1 aliphatic heterocycles. The summed E-state index contributed by atoms with van der Waals surface area (Å²) in [5, 5.41) is 8.07. The Morgan fingerprint density at radius 2 is 2.11 bits per heavy atom. The van der Waals surface area contributed by atoms with Crippen molar-refractivity contribution in [3.8, 4) is 11.5 Å². The molecule has 1 atom stereocenters. The van der Waals surface area contributed by atoms with Gasteiger partial charge in [0.1, 0.15) is 5.25 Å². The highest BCUT2D eigenvalue weighted by atomic mass is 32.2. The normalized spacial score (nSPS) is 14.3. The largest absolute Gasteiger partial charge is 0.480 e. The van der Waals surface area contributed by atoms with E-state index < -0.39 is 11.2 Å². The monoisotopic (exact) mass is 268 g/mol. The molecule has 2 rings (SSSR count). The predicted octanol–water partition coefficient (Wildman–Crippen LogP) is 1.69. The lowest BCUT2D eigenvalue weighted by molar-refractivity contribution is -0.136. The van der Waals surface area contributed by atoms with Crippen molar-refractivity contribution in [2.75, 3.05) is 6.79 Å². The Labute approximate surface area is 108 Å². The molecule has 0 aliphatic carbocycles. The average molecular weight is 268 g/mol. The van der Waals surface area contributed by atoms with Crippen LogP contribution in [0, 0.1) is 0 Å². The third-order valence-corrected chi connectivity index (χ3v) is 3.43. The molecule has 1 aromatic carbocycles. The van der Waals surface area contributed by atoms with Crippen molar-refractivity contribution in [3.63, 3.8) is 0 Å². The second-order valence-corrected chi connectivity index (χ2v) is 5.21. The summed E-state index contributed by atoms with van der Waals surface area (Å²) in [5.41, 5.74) is 0.806. The minimum atomic E-state index is -0.993. The fourth-order valence-electron chi connectivity index (χ4n) is 1.66. The predicted molar refractivity (Wildman–Crippen MR) is 66.0 cm³/mol. The molecule has 1 aliphatic rings. The minimum Gasteiger partial charge on any atom is -0.480 e. The number of hydrogen-bond acceptors (Lipinski definition) is 5. The van der Waals surface area contributed by atoms with Crippen LogP contribution in [0.2, 0.25) is 0 Å². The summed E-state index contributed by atoms with van der Waals surface area (Å²) in [7, 11) is 0. The van der Waals surface area contributed by atoms with E-state index in [0.29, 0.717) is 11.5 Å². The molecule has 0 fully saturated rings. The summed E-state index contributed by atoms with van der Waals surface area (Å²) in [6.07, 6.45) is 0.274. The van der Waals surface area contributed by atoms with Gasteiger partial charge in [-0.3, -0.25) is 9.59 Å². The van der Waals surface area contributed by atoms with Crippen LogP contribution in [0.3, 0.4) is 0 Å². The molecular formula is C12H12O5S. The van der Waals surface area contributed by atoms with Gasteiger partial charge in [0.05, 0.1) is 0 Å². The molecule has 0 radical (unpaired) electrons. The van der Waals surface area contributed by atoms with Crippen molar-refractivity contribution in [1.29, 1.82) is 0 Å². The first-order chi connectivity index (χ1) is 8.56. The Balaban J connectivity index is 2.11. The van der Waals surface area contributed by atoms with Gasteiger partial charge in [-0.25, -0.2) is 0 Å². The van der Waals surface area contributed by atoms with Crippen LogP contribution in [-0.4, -0.2) is 28.2 Å². The molecule has 1 unspecified atom stereocenters. The lowest BCUT2D eigenvalue weighted by Gasteiger charge is -2.10. The molecule has 0 amide bonds. The number of rotatable bonds is 4. The van der Waals surface area contributed by atoms with E-state index in [-0.39, 0.29) is 18.3 Å². The van der Waals surface area contributed by atoms with E-state index in [1.807, 2.05) is 0 Å². The number of carboxylic acid groups (broad SMARTS) is 1. The maximum absolute atomic E-state index is 11.0. The van der Waals surface area contributed by atoms with E-state index in [0.717, 1.165) is 17.3 Å². The minimum absolute atomic E-state index is 0.184. The maximum Gasteiger partial charge on any atom is 0.317 e. The summed E-state index contributed by atoms with van der Waals surface area (Å²) in [4.78, 5) is 22.0. The standard InChI is InChI=1S/C12H12O5S/c1-7(13)18-11(12(14)15)5-8-2-3-9-10(4-8)17-6-16-9/h2-4,11H,5-6H2,1H3,(H,14,15). The molecule has 0 saturated carbocycles. The summed E-state index contributed by atoms with van der Waals surface area (Å²) < 4.78 is 10.4. The van der Waals surface area contributed by atoms with Gasteiger partial charge in [-0.05, 0) is 24.1 Å². The van der Waals surface area contributed by atoms with Gasteiger partial charge < -0.3 is 14.6 Å². The molecule has 0 bridgehead atoms. The summed E-state index contributed by atoms with van der Waals surface area (Å²) >= 11 is 0.825. The fraction of sp³-hybridized carbons (Fsp3) is 0.333. The number of ether oxygens (including phenoxy) is 2. The second-order valence-electron chi connectivity index (χ2n) is 3.83. The lowest BCUT2D eigenvalue weighted by Crippen LogP contribution is -2.20. The molecule has 6 heteroatoms. The summed E-state index contributed by atoms with van der Waals surface area (Å²) in [6.45, 7) is 1.55. The van der Waals surface area contributed by atoms with E-state index in [1.165, 1.54) is 6.92 Å². The molecule has 1 heterocycles. The number of hydrogen-bond donors (Lipinski definition) is 1. The van der Waals surface area contributed by atoms with E-state index in [9.17, 15) is 9.59 Å². The Morgan fingerprint density at radius 3 is 2.78 bits per heavy atom. The van der Waals surface area contributed by atoms with Crippen LogP contribution in [0.15, 0.2) is 18.2 Å². The van der Waals surface area contributed by atoms with Crippen molar-refractivity contribution in [3.05, 3.63) is 23.8 Å². The highest BCUT2D eigenvalue weighted by Gasteiger charge is 2.22. The quantitative estimate of drug-likeness (QED) is 0.895. The van der Waals surface area contributed by atoms with E-state index in [2.05, 4.69) is 0 Å². The van der Waals surface area contributed by atoms with Crippen LogP contribution < -0.4 is 9.47 Å². The molecule has 5 nitrogen and oxygen atoms in total. The highest BCUT2D eigenvalue weighted by molar-refractivity contribution is 8.14. The summed E-state index contributed by atoms with van der Waals surface area (Å²) in [6, 6.07) is 5.28. The molecular weight excluding hydrogens is 256 g/mol. The van der Waals surface area contributed by atoms with Crippen LogP contribution in [-0.2, 0) is 16.0 Å². The van der Waals surface area contributed by atoms with E-state index >= 15 is 0 Å². The van der Waals surface area contributed by atoms with Gasteiger partial charge in [0.15, 0.2) is 16.6 Å².